The number of aryl methyl sites for hydroxylation is 2. The van der Waals surface area contributed by atoms with Crippen molar-refractivity contribution >= 4 is 16.9 Å². The van der Waals surface area contributed by atoms with E-state index in [0.717, 1.165) is 37.6 Å². The number of carbonyl (C=O) groups is 1. The average Bonchev–Trinajstić information content (AvgIpc) is 3.29. The van der Waals surface area contributed by atoms with E-state index in [2.05, 4.69) is 30.7 Å². The number of morpholine rings is 1. The number of hydrogen-bond donors (Lipinski definition) is 1. The third-order valence-electron chi connectivity index (χ3n) is 4.73. The Kier molecular flexibility index (Phi) is 9.13. The van der Waals surface area contributed by atoms with Crippen molar-refractivity contribution in [3.8, 4) is 17.3 Å². The van der Waals surface area contributed by atoms with Gasteiger partial charge in [-0.3, -0.25) is 4.79 Å². The third-order valence-corrected chi connectivity index (χ3v) is 5.82. The molecule has 34 heavy (non-hydrogen) atoms. The Bertz CT molecular complexity index is 1130. The Morgan fingerprint density at radius 3 is 2.62 bits per heavy atom. The van der Waals surface area contributed by atoms with Gasteiger partial charge in [0, 0.05) is 25.9 Å². The number of tetrazole rings is 1. The molecule has 1 N–H and O–H groups in total. The fourth-order valence-corrected chi connectivity index (χ4v) is 3.71. The maximum atomic E-state index is 12.4. The molecule has 1 saturated heterocycles. The Hall–Kier alpha value is -3.29. The Morgan fingerprint density at radius 1 is 1.24 bits per heavy atom. The molecule has 0 saturated carbocycles. The molecule has 0 bridgehead atoms. The molecule has 3 heterocycles. The molecular formula is C21H28N8O4S. The molecule has 0 aliphatic carbocycles. The van der Waals surface area contributed by atoms with Crippen molar-refractivity contribution in [2.75, 3.05) is 39.7 Å². The fraction of sp³-hybridized carbons (Fsp3) is 0.429. The minimum absolute atomic E-state index is 0.248. The van der Waals surface area contributed by atoms with Crippen LogP contribution in [0.3, 0.4) is 0 Å². The van der Waals surface area contributed by atoms with Crippen LogP contribution in [0.2, 0.25) is 0 Å². The van der Waals surface area contributed by atoms with E-state index in [1.165, 1.54) is 4.80 Å². The Balaban J connectivity index is 0.000000302. The molecule has 1 aromatic carbocycles. The normalized spacial score (nSPS) is 14.6. The van der Waals surface area contributed by atoms with Gasteiger partial charge in [0.15, 0.2) is 0 Å². The summed E-state index contributed by atoms with van der Waals surface area (Å²) in [7, 11) is 2.46. The summed E-state index contributed by atoms with van der Waals surface area (Å²) >= 11 is 0. The summed E-state index contributed by atoms with van der Waals surface area (Å²) in [6, 6.07) is 9.03. The van der Waals surface area contributed by atoms with E-state index < -0.39 is 11.0 Å². The molecule has 4 rings (SSSR count). The van der Waals surface area contributed by atoms with Gasteiger partial charge < -0.3 is 14.8 Å². The molecule has 13 heteroatoms. The second kappa shape index (κ2) is 12.3. The van der Waals surface area contributed by atoms with Crippen LogP contribution in [-0.2, 0) is 29.3 Å². The third kappa shape index (κ3) is 7.37. The number of amides is 1. The summed E-state index contributed by atoms with van der Waals surface area (Å²) in [5.74, 6) is 1.23. The van der Waals surface area contributed by atoms with Gasteiger partial charge >= 0.3 is 0 Å². The number of hydrogen-bond acceptors (Lipinski definition) is 9. The molecule has 12 nitrogen and oxygen atoms in total. The molecule has 0 spiro atoms. The molecule has 1 atom stereocenters. The van der Waals surface area contributed by atoms with Crippen molar-refractivity contribution in [3.05, 3.63) is 47.4 Å². The van der Waals surface area contributed by atoms with Crippen molar-refractivity contribution in [1.29, 1.82) is 0 Å². The minimum Gasteiger partial charge on any atom is -0.497 e. The van der Waals surface area contributed by atoms with E-state index in [0.29, 0.717) is 23.9 Å². The number of nitrogens with one attached hydrogen (secondary N) is 1. The first-order valence-corrected chi connectivity index (χ1v) is 12.0. The smallest absolute Gasteiger partial charge is 0.270 e. The minimum atomic E-state index is -0.799. The maximum absolute atomic E-state index is 12.4. The van der Waals surface area contributed by atoms with Crippen LogP contribution < -0.4 is 10.1 Å². The van der Waals surface area contributed by atoms with Gasteiger partial charge in [-0.25, -0.2) is 18.5 Å². The molecule has 1 unspecified atom stereocenters. The van der Waals surface area contributed by atoms with Gasteiger partial charge in [-0.15, -0.1) is 10.2 Å². The van der Waals surface area contributed by atoms with Gasteiger partial charge in [0.25, 0.3) is 5.91 Å². The highest BCUT2D eigenvalue weighted by Crippen LogP contribution is 2.14. The number of ether oxygens (including phenoxy) is 2. The van der Waals surface area contributed by atoms with E-state index in [1.54, 1.807) is 33.4 Å². The lowest BCUT2D eigenvalue weighted by Crippen LogP contribution is -2.36. The van der Waals surface area contributed by atoms with Gasteiger partial charge in [0.05, 0.1) is 38.4 Å². The van der Waals surface area contributed by atoms with Crippen LogP contribution in [0.25, 0.3) is 11.5 Å². The first-order valence-electron chi connectivity index (χ1n) is 10.5. The predicted octanol–water partition coefficient (Wildman–Crippen LogP) is 0.526. The zero-order valence-electron chi connectivity index (χ0n) is 19.6. The number of nitrogens with zero attached hydrogens (tertiary/aromatic N) is 7. The van der Waals surface area contributed by atoms with Crippen molar-refractivity contribution < 1.29 is 18.5 Å². The molecule has 0 radical (unpaired) electrons. The van der Waals surface area contributed by atoms with Crippen molar-refractivity contribution in [1.82, 2.24) is 39.8 Å². The number of carbonyl (C=O) groups excluding carboxylic acids is 1. The molecule has 2 aromatic heterocycles. The van der Waals surface area contributed by atoms with E-state index in [9.17, 15) is 9.00 Å². The van der Waals surface area contributed by atoms with Crippen LogP contribution in [0.1, 0.15) is 21.9 Å². The summed E-state index contributed by atoms with van der Waals surface area (Å²) in [5.41, 5.74) is 1.62. The summed E-state index contributed by atoms with van der Waals surface area (Å²) < 4.78 is 22.9. The van der Waals surface area contributed by atoms with Crippen LogP contribution in [-0.4, -0.2) is 84.3 Å². The van der Waals surface area contributed by atoms with Crippen molar-refractivity contribution in [2.45, 2.75) is 13.5 Å². The zero-order valence-corrected chi connectivity index (χ0v) is 20.4. The van der Waals surface area contributed by atoms with Gasteiger partial charge in [-0.2, -0.15) is 4.80 Å². The number of benzene rings is 1. The van der Waals surface area contributed by atoms with E-state index in [1.807, 2.05) is 28.6 Å². The monoisotopic (exact) mass is 488 g/mol. The molecule has 1 amide bonds. The van der Waals surface area contributed by atoms with Gasteiger partial charge in [0.2, 0.25) is 5.82 Å². The summed E-state index contributed by atoms with van der Waals surface area (Å²) in [5, 5.41) is 14.6. The topological polar surface area (TPSA) is 137 Å². The van der Waals surface area contributed by atoms with Gasteiger partial charge in [0.1, 0.15) is 23.0 Å². The standard InChI is InChI=1S/C16H17N7O2.C5H11NO2S/c1-10-18-13(15-20-22-23(2)21-15)8-14(19-10)16(24)17-9-11-5-4-6-12(7-11)25-3;1-9(7)6-2-4-8-5-3-6/h4-8H,9H2,1-3H3,(H,17,24);2-5H2,1H3. The molecule has 3 aromatic rings. The van der Waals surface area contributed by atoms with Crippen LogP contribution in [0, 0.1) is 6.92 Å². The second-order valence-electron chi connectivity index (χ2n) is 7.29. The number of rotatable bonds is 6. The lowest BCUT2D eigenvalue weighted by molar-refractivity contribution is 0.0754. The predicted molar refractivity (Wildman–Crippen MR) is 125 cm³/mol. The molecular weight excluding hydrogens is 460 g/mol. The first kappa shape index (κ1) is 25.3. The summed E-state index contributed by atoms with van der Waals surface area (Å²) in [6.07, 6.45) is 1.70. The van der Waals surface area contributed by atoms with Crippen LogP contribution >= 0.6 is 0 Å². The lowest BCUT2D eigenvalue weighted by atomic mass is 10.2. The van der Waals surface area contributed by atoms with Gasteiger partial charge in [-0.05, 0) is 35.9 Å². The second-order valence-corrected chi connectivity index (χ2v) is 8.65. The van der Waals surface area contributed by atoms with E-state index >= 15 is 0 Å². The van der Waals surface area contributed by atoms with Crippen LogP contribution in [0.5, 0.6) is 5.75 Å². The first-order chi connectivity index (χ1) is 16.4. The largest absolute Gasteiger partial charge is 0.497 e. The average molecular weight is 489 g/mol. The fourth-order valence-electron chi connectivity index (χ4n) is 3.04. The van der Waals surface area contributed by atoms with Gasteiger partial charge in [-0.1, -0.05) is 12.1 Å². The lowest BCUT2D eigenvalue weighted by Gasteiger charge is -2.23. The van der Waals surface area contributed by atoms with Crippen molar-refractivity contribution in [3.63, 3.8) is 0 Å². The van der Waals surface area contributed by atoms with E-state index in [4.69, 9.17) is 9.47 Å². The van der Waals surface area contributed by atoms with Crippen LogP contribution in [0.4, 0.5) is 0 Å². The maximum Gasteiger partial charge on any atom is 0.270 e. The van der Waals surface area contributed by atoms with Crippen molar-refractivity contribution in [2.24, 2.45) is 7.05 Å². The molecule has 182 valence electrons. The zero-order chi connectivity index (χ0) is 24.5. The summed E-state index contributed by atoms with van der Waals surface area (Å²) in [6.45, 7) is 5.13. The highest BCUT2D eigenvalue weighted by molar-refractivity contribution is 7.81. The Morgan fingerprint density at radius 2 is 2.00 bits per heavy atom. The number of aromatic nitrogens is 6. The molecule has 1 aliphatic heterocycles. The molecule has 1 aliphatic rings. The SMILES string of the molecule is COc1cccc(CNC(=O)c2cc(-c3nnn(C)n3)nc(C)n2)c1.CS(=O)N1CCOCC1. The molecule has 1 fully saturated rings. The highest BCUT2D eigenvalue weighted by atomic mass is 32.2. The number of methoxy groups -OCH3 is 1. The highest BCUT2D eigenvalue weighted by Gasteiger charge is 2.14. The van der Waals surface area contributed by atoms with E-state index in [-0.39, 0.29) is 11.6 Å². The van der Waals surface area contributed by atoms with Crippen LogP contribution in [0.15, 0.2) is 30.3 Å². The quantitative estimate of drug-likeness (QED) is 0.526. The summed E-state index contributed by atoms with van der Waals surface area (Å²) in [4.78, 5) is 22.2. The Labute approximate surface area is 200 Å².